The van der Waals surface area contributed by atoms with Crippen LogP contribution in [0.3, 0.4) is 0 Å². The van der Waals surface area contributed by atoms with E-state index in [0.29, 0.717) is 5.69 Å². The average Bonchev–Trinajstić information content (AvgIpc) is 2.43. The van der Waals surface area contributed by atoms with Crippen molar-refractivity contribution in [2.45, 2.75) is 0 Å². The third-order valence-corrected chi connectivity index (χ3v) is 1.97. The quantitative estimate of drug-likeness (QED) is 0.199. The smallest absolute Gasteiger partial charge is 0.409 e. The minimum absolute atomic E-state index is 0.0852. The van der Waals surface area contributed by atoms with Gasteiger partial charge in [-0.3, -0.25) is 0 Å². The highest BCUT2D eigenvalue weighted by Gasteiger charge is 1.97. The Morgan fingerprint density at radius 2 is 2.32 bits per heavy atom. The van der Waals surface area contributed by atoms with Crippen molar-refractivity contribution in [2.24, 2.45) is 4.99 Å². The van der Waals surface area contributed by atoms with Gasteiger partial charge in [-0.25, -0.2) is 9.68 Å². The molecule has 0 aliphatic heterocycles. The number of rotatable bonds is 7. The van der Waals surface area contributed by atoms with Crippen LogP contribution < -0.4 is 10.6 Å². The number of nitrogens with zero attached hydrogens (tertiary/aromatic N) is 1. The van der Waals surface area contributed by atoms with E-state index in [0.717, 1.165) is 5.69 Å². The Morgan fingerprint density at radius 1 is 1.47 bits per heavy atom. The number of ether oxygens (including phenoxy) is 1. The maximum atomic E-state index is 10.7. The zero-order chi connectivity index (χ0) is 13.9. The molecule has 0 fully saturated rings. The molecule has 19 heavy (non-hydrogen) atoms. The van der Waals surface area contributed by atoms with Gasteiger partial charge in [0.1, 0.15) is 0 Å². The molecule has 0 spiro atoms. The van der Waals surface area contributed by atoms with Gasteiger partial charge in [-0.15, -0.1) is 0 Å². The topological polar surface area (TPSA) is 81.2 Å². The van der Waals surface area contributed by atoms with Gasteiger partial charge in [0.2, 0.25) is 6.79 Å². The first-order valence-electron chi connectivity index (χ1n) is 5.27. The van der Waals surface area contributed by atoms with E-state index in [4.69, 9.17) is 4.89 Å². The number of carbonyl (C=O) groups is 1. The highest BCUT2D eigenvalue weighted by atomic mass is 32.1. The Bertz CT molecular complexity index is 463. The maximum absolute atomic E-state index is 10.7. The van der Waals surface area contributed by atoms with Crippen LogP contribution in [0.15, 0.2) is 29.3 Å². The molecule has 2 N–H and O–H groups in total. The molecule has 0 saturated carbocycles. The van der Waals surface area contributed by atoms with Crippen molar-refractivity contribution in [3.05, 3.63) is 24.3 Å². The minimum Gasteiger partial charge on any atom is -0.419 e. The summed E-state index contributed by atoms with van der Waals surface area (Å²) in [4.78, 5) is 23.9. The summed E-state index contributed by atoms with van der Waals surface area (Å²) in [5.41, 5.74) is 1.46. The second-order valence-electron chi connectivity index (χ2n) is 3.11. The summed E-state index contributed by atoms with van der Waals surface area (Å²) in [6.45, 7) is -0.210. The van der Waals surface area contributed by atoms with Crippen LogP contribution in [0.2, 0.25) is 0 Å². The molecule has 1 aromatic rings. The standard InChI is InChI=1S/C11H13N3O4S/c1-12-11(15)16-8-18-17-6-13-9-3-2-4-10(5-9)14-7-19/h2-5,13H,6,8H2,1H3,(H,12,15). The third-order valence-electron chi connectivity index (χ3n) is 1.88. The van der Waals surface area contributed by atoms with Crippen LogP contribution in [0.1, 0.15) is 0 Å². The summed E-state index contributed by atoms with van der Waals surface area (Å²) in [6.07, 6.45) is -0.595. The van der Waals surface area contributed by atoms with Crippen molar-refractivity contribution in [2.75, 3.05) is 25.9 Å². The van der Waals surface area contributed by atoms with Crippen LogP contribution in [-0.4, -0.2) is 31.8 Å². The summed E-state index contributed by atoms with van der Waals surface area (Å²) >= 11 is 4.52. The van der Waals surface area contributed by atoms with E-state index in [1.165, 1.54) is 7.05 Å². The second-order valence-corrected chi connectivity index (χ2v) is 3.29. The summed E-state index contributed by atoms with van der Waals surface area (Å²) in [5, 5.41) is 7.46. The Balaban J connectivity index is 2.20. The van der Waals surface area contributed by atoms with Crippen LogP contribution in [0.4, 0.5) is 16.2 Å². The number of alkyl carbamates (subject to hydrolysis) is 1. The van der Waals surface area contributed by atoms with Gasteiger partial charge in [0.05, 0.1) is 10.8 Å². The normalized spacial score (nSPS) is 9.32. The summed E-state index contributed by atoms with van der Waals surface area (Å²) in [5.74, 6) is 0. The number of benzene rings is 1. The first-order valence-corrected chi connectivity index (χ1v) is 5.68. The molecule has 1 amide bonds. The molecule has 1 aromatic carbocycles. The van der Waals surface area contributed by atoms with Gasteiger partial charge >= 0.3 is 6.09 Å². The molecule has 0 atom stereocenters. The molecule has 0 saturated heterocycles. The van der Waals surface area contributed by atoms with Crippen molar-refractivity contribution >= 4 is 34.8 Å². The van der Waals surface area contributed by atoms with Crippen molar-refractivity contribution in [3.8, 4) is 0 Å². The average molecular weight is 283 g/mol. The van der Waals surface area contributed by atoms with Crippen molar-refractivity contribution < 1.29 is 19.3 Å². The minimum atomic E-state index is -0.595. The number of hydrogen-bond donors (Lipinski definition) is 2. The van der Waals surface area contributed by atoms with Gasteiger partial charge in [-0.1, -0.05) is 6.07 Å². The van der Waals surface area contributed by atoms with Gasteiger partial charge in [0, 0.05) is 12.7 Å². The SMILES string of the molecule is CNC(=O)OCOOCNc1cccc(N=C=S)c1. The largest absolute Gasteiger partial charge is 0.419 e. The molecule has 0 bridgehead atoms. The van der Waals surface area contributed by atoms with Crippen molar-refractivity contribution in [3.63, 3.8) is 0 Å². The number of anilines is 1. The number of hydrogen-bond acceptors (Lipinski definition) is 7. The van der Waals surface area contributed by atoms with E-state index >= 15 is 0 Å². The van der Waals surface area contributed by atoms with Crippen LogP contribution in [0, 0.1) is 0 Å². The van der Waals surface area contributed by atoms with E-state index in [-0.39, 0.29) is 13.5 Å². The third kappa shape index (κ3) is 6.49. The lowest BCUT2D eigenvalue weighted by Gasteiger charge is -2.07. The maximum Gasteiger partial charge on any atom is 0.409 e. The Kier molecular flexibility index (Phi) is 7.14. The van der Waals surface area contributed by atoms with Gasteiger partial charge < -0.3 is 15.4 Å². The van der Waals surface area contributed by atoms with E-state index in [9.17, 15) is 4.79 Å². The van der Waals surface area contributed by atoms with Gasteiger partial charge in [-0.2, -0.15) is 9.88 Å². The van der Waals surface area contributed by atoms with Crippen LogP contribution >= 0.6 is 12.2 Å². The van der Waals surface area contributed by atoms with Gasteiger partial charge in [0.25, 0.3) is 0 Å². The van der Waals surface area contributed by atoms with Crippen LogP contribution in [0.25, 0.3) is 0 Å². The molecular weight excluding hydrogens is 270 g/mol. The number of nitrogens with one attached hydrogen (secondary N) is 2. The van der Waals surface area contributed by atoms with Crippen molar-refractivity contribution in [1.29, 1.82) is 0 Å². The molecule has 0 aliphatic rings. The Hall–Kier alpha value is -1.99. The fourth-order valence-electron chi connectivity index (χ4n) is 1.08. The predicted octanol–water partition coefficient (Wildman–Crippen LogP) is 2.05. The Labute approximate surface area is 115 Å². The van der Waals surface area contributed by atoms with E-state index in [2.05, 4.69) is 42.6 Å². The first kappa shape index (κ1) is 15.1. The number of thiocarbonyl (C=S) groups is 1. The molecular formula is C11H13N3O4S. The van der Waals surface area contributed by atoms with Crippen LogP contribution in [-0.2, 0) is 14.5 Å². The lowest BCUT2D eigenvalue weighted by atomic mass is 10.3. The number of carbonyl (C=O) groups excluding carboxylic acids is 1. The molecule has 0 heterocycles. The number of isothiocyanates is 1. The molecule has 0 radical (unpaired) electrons. The molecule has 0 aromatic heterocycles. The molecule has 0 aliphatic carbocycles. The number of aliphatic imine (C=N–C) groups is 1. The highest BCUT2D eigenvalue weighted by Crippen LogP contribution is 2.16. The fourth-order valence-corrected chi connectivity index (χ4v) is 1.18. The predicted molar refractivity (Wildman–Crippen MR) is 72.2 cm³/mol. The monoisotopic (exact) mass is 283 g/mol. The van der Waals surface area contributed by atoms with Crippen LogP contribution in [0.5, 0.6) is 0 Å². The van der Waals surface area contributed by atoms with E-state index in [1.807, 2.05) is 12.1 Å². The lowest BCUT2D eigenvalue weighted by molar-refractivity contribution is -0.322. The lowest BCUT2D eigenvalue weighted by Crippen LogP contribution is -2.21. The summed E-state index contributed by atoms with van der Waals surface area (Å²) < 4.78 is 4.53. The summed E-state index contributed by atoms with van der Waals surface area (Å²) in [7, 11) is 1.44. The second kappa shape index (κ2) is 9.01. The molecule has 8 heteroatoms. The molecule has 0 unspecified atom stereocenters. The van der Waals surface area contributed by atoms with Crippen molar-refractivity contribution in [1.82, 2.24) is 5.32 Å². The zero-order valence-electron chi connectivity index (χ0n) is 10.2. The summed E-state index contributed by atoms with van der Waals surface area (Å²) in [6, 6.07) is 7.19. The molecule has 7 nitrogen and oxygen atoms in total. The van der Waals surface area contributed by atoms with Gasteiger partial charge in [0.15, 0.2) is 6.73 Å². The Morgan fingerprint density at radius 3 is 3.05 bits per heavy atom. The van der Waals surface area contributed by atoms with Gasteiger partial charge in [-0.05, 0) is 30.4 Å². The van der Waals surface area contributed by atoms with E-state index < -0.39 is 6.09 Å². The van der Waals surface area contributed by atoms with E-state index in [1.54, 1.807) is 12.1 Å². The zero-order valence-corrected chi connectivity index (χ0v) is 11.0. The first-order chi connectivity index (χ1) is 9.26. The molecule has 102 valence electrons. The highest BCUT2D eigenvalue weighted by molar-refractivity contribution is 7.78. The number of amides is 1. The molecule has 1 rings (SSSR count). The fraction of sp³-hybridized carbons (Fsp3) is 0.273.